The summed E-state index contributed by atoms with van der Waals surface area (Å²) in [5.41, 5.74) is 3.20. The molecule has 3 rings (SSSR count). The number of carbonyl (C=O) groups excluding carboxylic acids is 1. The number of carbonyl (C=O) groups is 1. The lowest BCUT2D eigenvalue weighted by atomic mass is 9.95. The molecular weight excluding hydrogens is 386 g/mol. The van der Waals surface area contributed by atoms with Crippen LogP contribution in [0.1, 0.15) is 60.6 Å². The minimum absolute atomic E-state index is 0.154. The monoisotopic (exact) mass is 419 g/mol. The number of halogens is 1. The van der Waals surface area contributed by atoms with Crippen molar-refractivity contribution in [3.05, 3.63) is 46.5 Å². The van der Waals surface area contributed by atoms with Crippen LogP contribution in [0.25, 0.3) is 0 Å². The van der Waals surface area contributed by atoms with Crippen LogP contribution in [0.15, 0.2) is 24.7 Å². The molecule has 0 unspecified atom stereocenters. The van der Waals surface area contributed by atoms with E-state index in [4.69, 9.17) is 11.6 Å². The zero-order valence-corrected chi connectivity index (χ0v) is 18.8. The highest BCUT2D eigenvalue weighted by molar-refractivity contribution is 6.31. The van der Waals surface area contributed by atoms with Gasteiger partial charge in [-0.3, -0.25) is 4.79 Å². The Morgan fingerprint density at radius 1 is 1.28 bits per heavy atom. The highest BCUT2D eigenvalue weighted by Gasteiger charge is 2.14. The van der Waals surface area contributed by atoms with E-state index in [1.54, 1.807) is 18.6 Å². The van der Waals surface area contributed by atoms with Crippen molar-refractivity contribution in [3.8, 4) is 0 Å². The average Bonchev–Trinajstić information content (AvgIpc) is 3.23. The Balaban J connectivity index is 0.000000278. The predicted molar refractivity (Wildman–Crippen MR) is 121 cm³/mol. The SMILES string of the molecule is CCNc1cc(Cl)cc(C(=O)NCc2cnc[nH]2)c1C.CN(C)C1CCCCC1. The van der Waals surface area contributed by atoms with Gasteiger partial charge in [0.15, 0.2) is 0 Å². The van der Waals surface area contributed by atoms with Crippen LogP contribution in [0.5, 0.6) is 0 Å². The number of anilines is 1. The van der Waals surface area contributed by atoms with Gasteiger partial charge < -0.3 is 20.5 Å². The number of hydrogen-bond acceptors (Lipinski definition) is 4. The maximum atomic E-state index is 12.2. The normalized spacial score (nSPS) is 14.3. The molecule has 1 saturated carbocycles. The van der Waals surface area contributed by atoms with Gasteiger partial charge in [-0.05, 0) is 58.5 Å². The van der Waals surface area contributed by atoms with Crippen molar-refractivity contribution in [2.45, 2.75) is 58.5 Å². The number of nitrogens with zero attached hydrogens (tertiary/aromatic N) is 2. The minimum atomic E-state index is -0.154. The molecule has 7 heteroatoms. The average molecular weight is 420 g/mol. The van der Waals surface area contributed by atoms with E-state index in [1.807, 2.05) is 19.9 Å². The number of benzene rings is 1. The largest absolute Gasteiger partial charge is 0.385 e. The number of amides is 1. The first kappa shape index (κ1) is 23.2. The van der Waals surface area contributed by atoms with E-state index in [0.717, 1.165) is 29.5 Å². The third-order valence-electron chi connectivity index (χ3n) is 5.28. The van der Waals surface area contributed by atoms with E-state index in [0.29, 0.717) is 17.1 Å². The van der Waals surface area contributed by atoms with Crippen molar-refractivity contribution < 1.29 is 4.79 Å². The lowest BCUT2D eigenvalue weighted by Crippen LogP contribution is -2.29. The second-order valence-electron chi connectivity index (χ2n) is 7.67. The Kier molecular flexibility index (Phi) is 9.48. The van der Waals surface area contributed by atoms with Gasteiger partial charge in [0.2, 0.25) is 0 Å². The summed E-state index contributed by atoms with van der Waals surface area (Å²) in [6.45, 7) is 5.08. The molecule has 160 valence electrons. The van der Waals surface area contributed by atoms with E-state index in [-0.39, 0.29) is 5.91 Å². The van der Waals surface area contributed by atoms with Crippen molar-refractivity contribution in [1.29, 1.82) is 0 Å². The number of hydrogen-bond donors (Lipinski definition) is 3. The molecule has 0 radical (unpaired) electrons. The molecule has 0 bridgehead atoms. The van der Waals surface area contributed by atoms with E-state index in [9.17, 15) is 4.79 Å². The van der Waals surface area contributed by atoms with Crippen LogP contribution in [0.4, 0.5) is 5.69 Å². The molecule has 0 aliphatic heterocycles. The van der Waals surface area contributed by atoms with Crippen molar-refractivity contribution in [2.24, 2.45) is 0 Å². The maximum Gasteiger partial charge on any atom is 0.251 e. The van der Waals surface area contributed by atoms with Gasteiger partial charge in [-0.15, -0.1) is 0 Å². The van der Waals surface area contributed by atoms with E-state index in [1.165, 1.54) is 32.1 Å². The Morgan fingerprint density at radius 3 is 2.55 bits per heavy atom. The molecule has 1 heterocycles. The van der Waals surface area contributed by atoms with Crippen LogP contribution in [0.3, 0.4) is 0 Å². The van der Waals surface area contributed by atoms with Gasteiger partial charge in [-0.1, -0.05) is 30.9 Å². The first-order valence-electron chi connectivity index (χ1n) is 10.4. The summed E-state index contributed by atoms with van der Waals surface area (Å²) in [6.07, 6.45) is 10.5. The van der Waals surface area contributed by atoms with Crippen molar-refractivity contribution in [2.75, 3.05) is 26.0 Å². The number of nitrogens with one attached hydrogen (secondary N) is 3. The minimum Gasteiger partial charge on any atom is -0.385 e. The topological polar surface area (TPSA) is 73.0 Å². The van der Waals surface area contributed by atoms with Gasteiger partial charge in [-0.2, -0.15) is 0 Å². The third kappa shape index (κ3) is 7.37. The summed E-state index contributed by atoms with van der Waals surface area (Å²) in [5.74, 6) is -0.154. The molecule has 29 heavy (non-hydrogen) atoms. The Labute approximate surface area is 179 Å². The van der Waals surface area contributed by atoms with Gasteiger partial charge in [-0.25, -0.2) is 4.98 Å². The predicted octanol–water partition coefficient (Wildman–Crippen LogP) is 4.61. The molecule has 0 atom stereocenters. The molecule has 6 nitrogen and oxygen atoms in total. The molecule has 1 aliphatic carbocycles. The second-order valence-corrected chi connectivity index (χ2v) is 8.11. The molecule has 1 fully saturated rings. The van der Waals surface area contributed by atoms with Crippen LogP contribution in [-0.4, -0.2) is 47.5 Å². The number of imidazole rings is 1. The molecular formula is C22H34ClN5O. The van der Waals surface area contributed by atoms with Gasteiger partial charge in [0, 0.05) is 35.1 Å². The molecule has 1 aromatic carbocycles. The highest BCUT2D eigenvalue weighted by atomic mass is 35.5. The zero-order valence-electron chi connectivity index (χ0n) is 18.0. The van der Waals surface area contributed by atoms with Crippen LogP contribution in [-0.2, 0) is 6.54 Å². The number of aromatic nitrogens is 2. The molecule has 3 N–H and O–H groups in total. The zero-order chi connectivity index (χ0) is 21.2. The number of aromatic amines is 1. The van der Waals surface area contributed by atoms with Crippen LogP contribution in [0, 0.1) is 6.92 Å². The fraction of sp³-hybridized carbons (Fsp3) is 0.545. The van der Waals surface area contributed by atoms with Crippen molar-refractivity contribution in [3.63, 3.8) is 0 Å². The molecule has 0 spiro atoms. The Hall–Kier alpha value is -2.05. The van der Waals surface area contributed by atoms with Crippen molar-refractivity contribution >= 4 is 23.2 Å². The van der Waals surface area contributed by atoms with E-state index < -0.39 is 0 Å². The van der Waals surface area contributed by atoms with E-state index >= 15 is 0 Å². The lowest BCUT2D eigenvalue weighted by molar-refractivity contribution is 0.0950. The van der Waals surface area contributed by atoms with Crippen LogP contribution >= 0.6 is 11.6 Å². The van der Waals surface area contributed by atoms with Gasteiger partial charge >= 0.3 is 0 Å². The smallest absolute Gasteiger partial charge is 0.251 e. The standard InChI is InChI=1S/C14H17ClN4O.C8H17N/c1-3-17-13-5-10(15)4-12(9(13)2)14(20)18-7-11-6-16-8-19-11;1-9(2)8-6-4-3-5-7-8/h4-6,8,17H,3,7H2,1-2H3,(H,16,19)(H,18,20);8H,3-7H2,1-2H3. The maximum absolute atomic E-state index is 12.2. The molecule has 2 aromatic rings. The van der Waals surface area contributed by atoms with Gasteiger partial charge in [0.25, 0.3) is 5.91 Å². The molecule has 1 amide bonds. The van der Waals surface area contributed by atoms with Gasteiger partial charge in [0.05, 0.1) is 18.6 Å². The molecule has 0 saturated heterocycles. The first-order chi connectivity index (χ1) is 13.9. The molecule has 1 aliphatic rings. The summed E-state index contributed by atoms with van der Waals surface area (Å²) < 4.78 is 0. The Morgan fingerprint density at radius 2 is 2.00 bits per heavy atom. The summed E-state index contributed by atoms with van der Waals surface area (Å²) in [6, 6.07) is 4.39. The summed E-state index contributed by atoms with van der Waals surface area (Å²) in [4.78, 5) is 21.4. The quantitative estimate of drug-likeness (QED) is 0.639. The molecule has 1 aromatic heterocycles. The Bertz CT molecular complexity index is 755. The fourth-order valence-electron chi connectivity index (χ4n) is 3.54. The van der Waals surface area contributed by atoms with Gasteiger partial charge in [0.1, 0.15) is 0 Å². The van der Waals surface area contributed by atoms with Crippen LogP contribution < -0.4 is 10.6 Å². The lowest BCUT2D eigenvalue weighted by Gasteiger charge is -2.27. The fourth-order valence-corrected chi connectivity index (χ4v) is 3.76. The summed E-state index contributed by atoms with van der Waals surface area (Å²) >= 11 is 6.07. The number of H-pyrrole nitrogens is 1. The number of rotatable bonds is 6. The first-order valence-corrected chi connectivity index (χ1v) is 10.8. The van der Waals surface area contributed by atoms with E-state index in [2.05, 4.69) is 39.6 Å². The van der Waals surface area contributed by atoms with Crippen molar-refractivity contribution in [1.82, 2.24) is 20.2 Å². The second kappa shape index (κ2) is 11.8. The summed E-state index contributed by atoms with van der Waals surface area (Å²) in [5, 5.41) is 6.58. The highest BCUT2D eigenvalue weighted by Crippen LogP contribution is 2.25. The third-order valence-corrected chi connectivity index (χ3v) is 5.50. The van der Waals surface area contributed by atoms with Crippen LogP contribution in [0.2, 0.25) is 5.02 Å². The summed E-state index contributed by atoms with van der Waals surface area (Å²) in [7, 11) is 4.38.